The standard InChI is InChI=1S/C20H27N5O2S2/c1-25(2)14-17-8-9-18(27-17)15-28-13-12-22-20-19(23-29(26)24-20)21-11-10-16-6-4-3-5-7-16/h3-9H,10-15H2,1-2H3,(H,21,23)(H,22,24). The molecule has 0 aliphatic heterocycles. The predicted molar refractivity (Wildman–Crippen MR) is 117 cm³/mol. The lowest BCUT2D eigenvalue weighted by Gasteiger charge is -2.05. The molecule has 0 bridgehead atoms. The molecule has 1 aromatic carbocycles. The molecule has 0 saturated heterocycles. The van der Waals surface area contributed by atoms with E-state index in [-0.39, 0.29) is 0 Å². The first-order valence-corrected chi connectivity index (χ1v) is 11.8. The van der Waals surface area contributed by atoms with Crippen LogP contribution >= 0.6 is 22.9 Å². The van der Waals surface area contributed by atoms with Crippen LogP contribution in [0.15, 0.2) is 56.9 Å². The van der Waals surface area contributed by atoms with Gasteiger partial charge in [0.05, 0.1) is 18.8 Å². The van der Waals surface area contributed by atoms with Crippen LogP contribution in [0.5, 0.6) is 0 Å². The van der Waals surface area contributed by atoms with E-state index in [1.165, 1.54) is 5.56 Å². The van der Waals surface area contributed by atoms with Crippen LogP contribution in [0.25, 0.3) is 0 Å². The van der Waals surface area contributed by atoms with Crippen molar-refractivity contribution < 1.29 is 8.97 Å². The van der Waals surface area contributed by atoms with Gasteiger partial charge in [-0.2, -0.15) is 20.5 Å². The summed E-state index contributed by atoms with van der Waals surface area (Å²) in [7, 11) is 4.04. The Labute approximate surface area is 177 Å². The van der Waals surface area contributed by atoms with Crippen LogP contribution in [0.4, 0.5) is 0 Å². The summed E-state index contributed by atoms with van der Waals surface area (Å²) in [5.74, 6) is 3.61. The number of rotatable bonds is 10. The summed E-state index contributed by atoms with van der Waals surface area (Å²) in [5.41, 5.74) is 2.37. The van der Waals surface area contributed by atoms with E-state index >= 15 is 0 Å². The highest BCUT2D eigenvalue weighted by Gasteiger charge is 2.04. The third-order valence-electron chi connectivity index (χ3n) is 4.06. The maximum absolute atomic E-state index is 11.8. The molecule has 0 spiro atoms. The second kappa shape index (κ2) is 11.2. The third kappa shape index (κ3) is 7.36. The Bertz CT molecular complexity index is 1000. The molecule has 2 heterocycles. The van der Waals surface area contributed by atoms with Crippen molar-refractivity contribution in [1.29, 1.82) is 0 Å². The van der Waals surface area contributed by atoms with E-state index in [9.17, 15) is 4.55 Å². The molecule has 9 heteroatoms. The summed E-state index contributed by atoms with van der Waals surface area (Å²) in [6, 6.07) is 14.2. The van der Waals surface area contributed by atoms with Gasteiger partial charge in [-0.25, -0.2) is 0 Å². The Morgan fingerprint density at radius 3 is 2.41 bits per heavy atom. The number of benzene rings is 1. The van der Waals surface area contributed by atoms with Crippen molar-refractivity contribution in [2.45, 2.75) is 18.7 Å². The smallest absolute Gasteiger partial charge is 0.219 e. The van der Waals surface area contributed by atoms with E-state index in [0.29, 0.717) is 24.1 Å². The van der Waals surface area contributed by atoms with Crippen molar-refractivity contribution in [2.24, 2.45) is 9.98 Å². The summed E-state index contributed by atoms with van der Waals surface area (Å²) in [5, 5.41) is 0. The number of aromatic nitrogens is 2. The fourth-order valence-electron chi connectivity index (χ4n) is 2.74. The molecule has 2 aromatic heterocycles. The Kier molecular flexibility index (Phi) is 8.36. The van der Waals surface area contributed by atoms with Gasteiger partial charge in [0, 0.05) is 12.3 Å². The first-order chi connectivity index (χ1) is 14.1. The van der Waals surface area contributed by atoms with Gasteiger partial charge in [0.15, 0.2) is 0 Å². The van der Waals surface area contributed by atoms with Gasteiger partial charge in [-0.3, -0.25) is 9.98 Å². The second-order valence-electron chi connectivity index (χ2n) is 6.83. The van der Waals surface area contributed by atoms with Gasteiger partial charge >= 0.3 is 0 Å². The van der Waals surface area contributed by atoms with Gasteiger partial charge in [0.1, 0.15) is 22.7 Å². The van der Waals surface area contributed by atoms with E-state index in [1.54, 1.807) is 11.8 Å². The van der Waals surface area contributed by atoms with Crippen molar-refractivity contribution in [3.05, 3.63) is 70.5 Å². The number of aromatic amines is 2. The summed E-state index contributed by atoms with van der Waals surface area (Å²) in [6.45, 7) is 2.04. The second-order valence-corrected chi connectivity index (χ2v) is 8.88. The van der Waals surface area contributed by atoms with Gasteiger partial charge in [-0.1, -0.05) is 30.3 Å². The molecule has 0 fully saturated rings. The van der Waals surface area contributed by atoms with Crippen LogP contribution in [0.1, 0.15) is 17.1 Å². The number of nitrogens with one attached hydrogen (secondary N) is 2. The molecule has 1 unspecified atom stereocenters. The van der Waals surface area contributed by atoms with Crippen LogP contribution in [-0.2, 0) is 18.7 Å². The van der Waals surface area contributed by atoms with Crippen LogP contribution in [0.2, 0.25) is 0 Å². The average Bonchev–Trinajstić information content (AvgIpc) is 3.28. The Hall–Kier alpha value is -2.07. The zero-order valence-electron chi connectivity index (χ0n) is 16.8. The monoisotopic (exact) mass is 433 g/mol. The van der Waals surface area contributed by atoms with E-state index in [4.69, 9.17) is 4.42 Å². The van der Waals surface area contributed by atoms with E-state index in [1.807, 2.05) is 44.4 Å². The minimum Gasteiger partial charge on any atom is -0.549 e. The highest BCUT2D eigenvalue weighted by molar-refractivity contribution is 7.98. The van der Waals surface area contributed by atoms with Gasteiger partial charge in [0.25, 0.3) is 0 Å². The Balaban J connectivity index is 1.49. The van der Waals surface area contributed by atoms with Crippen molar-refractivity contribution in [2.75, 3.05) is 32.9 Å². The van der Waals surface area contributed by atoms with Gasteiger partial charge in [-0.05, 0) is 38.2 Å². The molecule has 7 nitrogen and oxygen atoms in total. The molecular weight excluding hydrogens is 406 g/mol. The van der Waals surface area contributed by atoms with Crippen molar-refractivity contribution in [3.8, 4) is 0 Å². The molecule has 3 aromatic rings. The topological polar surface area (TPSA) is 95.7 Å². The van der Waals surface area contributed by atoms with Crippen molar-refractivity contribution in [3.63, 3.8) is 0 Å². The van der Waals surface area contributed by atoms with Crippen molar-refractivity contribution >= 4 is 22.9 Å². The fraction of sp³-hybridized carbons (Fsp3) is 0.400. The summed E-state index contributed by atoms with van der Waals surface area (Å²) in [6.07, 6.45) is 0.834. The first kappa shape index (κ1) is 21.6. The molecular formula is C20H27N5O2S2. The average molecular weight is 434 g/mol. The highest BCUT2D eigenvalue weighted by Crippen LogP contribution is 2.16. The molecule has 0 amide bonds. The van der Waals surface area contributed by atoms with E-state index in [2.05, 4.69) is 35.8 Å². The molecule has 0 aliphatic carbocycles. The molecule has 29 heavy (non-hydrogen) atoms. The number of hydrogen-bond acceptors (Lipinski definition) is 6. The number of thioether (sulfide) groups is 1. The van der Waals surface area contributed by atoms with Crippen molar-refractivity contribution in [1.82, 2.24) is 13.6 Å². The summed E-state index contributed by atoms with van der Waals surface area (Å²) >= 11 is 0.403. The maximum atomic E-state index is 11.8. The third-order valence-corrected chi connectivity index (χ3v) is 5.77. The maximum Gasteiger partial charge on any atom is 0.219 e. The highest BCUT2D eigenvalue weighted by atomic mass is 32.2. The minimum atomic E-state index is -1.36. The zero-order chi connectivity index (χ0) is 20.5. The zero-order valence-corrected chi connectivity index (χ0v) is 18.4. The lowest BCUT2D eigenvalue weighted by atomic mass is 10.2. The largest absolute Gasteiger partial charge is 0.549 e. The molecule has 1 atom stereocenters. The molecule has 0 saturated carbocycles. The molecule has 0 radical (unpaired) electrons. The van der Waals surface area contributed by atoms with Crippen LogP contribution in [-0.4, -0.2) is 51.1 Å². The van der Waals surface area contributed by atoms with Crippen LogP contribution < -0.4 is 11.0 Å². The fourth-order valence-corrected chi connectivity index (χ4v) is 4.19. The summed E-state index contributed by atoms with van der Waals surface area (Å²) < 4.78 is 23.2. The molecule has 3 rings (SSSR count). The first-order valence-electron chi connectivity index (χ1n) is 9.48. The lowest BCUT2D eigenvalue weighted by molar-refractivity contribution is 0.344. The van der Waals surface area contributed by atoms with E-state index in [0.717, 1.165) is 36.0 Å². The van der Waals surface area contributed by atoms with Gasteiger partial charge in [-0.15, -0.1) is 0 Å². The predicted octanol–water partition coefficient (Wildman–Crippen LogP) is 2.70. The van der Waals surface area contributed by atoms with Gasteiger partial charge < -0.3 is 13.9 Å². The van der Waals surface area contributed by atoms with Crippen LogP contribution in [0, 0.1) is 0 Å². The number of furan rings is 1. The normalized spacial score (nSPS) is 13.6. The van der Waals surface area contributed by atoms with Gasteiger partial charge in [0.2, 0.25) is 11.0 Å². The Morgan fingerprint density at radius 1 is 1.00 bits per heavy atom. The minimum absolute atomic E-state index is 0.572. The lowest BCUT2D eigenvalue weighted by Crippen LogP contribution is -2.26. The SMILES string of the molecule is CN(C)Cc1ccc(CSCCN=c2[nH][s+]([O-])[nH]c2=NCCc2ccccc2)o1. The van der Waals surface area contributed by atoms with Crippen LogP contribution in [0.3, 0.4) is 0 Å². The molecule has 0 aliphatic rings. The molecule has 2 N–H and O–H groups in total. The number of hydrogen-bond donors (Lipinski definition) is 2. The number of H-pyrrole nitrogens is 2. The van der Waals surface area contributed by atoms with E-state index < -0.39 is 11.1 Å². The quantitative estimate of drug-likeness (QED) is 0.380. The summed E-state index contributed by atoms with van der Waals surface area (Å²) in [4.78, 5) is 11.1. The molecule has 156 valence electrons. The Morgan fingerprint density at radius 2 is 1.69 bits per heavy atom. The number of nitrogens with zero attached hydrogens (tertiary/aromatic N) is 3.